The third-order valence-corrected chi connectivity index (χ3v) is 4.29. The van der Waals surface area contributed by atoms with Crippen LogP contribution in [0.15, 0.2) is 24.3 Å². The van der Waals surface area contributed by atoms with Crippen molar-refractivity contribution in [3.8, 4) is 17.5 Å². The van der Waals surface area contributed by atoms with Crippen molar-refractivity contribution in [3.63, 3.8) is 0 Å². The van der Waals surface area contributed by atoms with Crippen molar-refractivity contribution in [2.24, 2.45) is 0 Å². The van der Waals surface area contributed by atoms with Gasteiger partial charge in [0.15, 0.2) is 5.69 Å². The summed E-state index contributed by atoms with van der Waals surface area (Å²) in [5.74, 6) is 0. The highest BCUT2D eigenvalue weighted by molar-refractivity contribution is 5.79. The maximum atomic E-state index is 9.45. The number of H-pyrrole nitrogens is 1. The van der Waals surface area contributed by atoms with E-state index in [1.165, 1.54) is 32.1 Å². The molecule has 1 aromatic carbocycles. The molecule has 0 aliphatic heterocycles. The van der Waals surface area contributed by atoms with E-state index in [0.717, 1.165) is 24.1 Å². The minimum atomic E-state index is 0.289. The Hall–Kier alpha value is -2.81. The average Bonchev–Trinajstić information content (AvgIpc) is 3.11. The molecule has 3 aromatic rings. The first-order chi connectivity index (χ1) is 12.3. The minimum absolute atomic E-state index is 0.289. The number of unbranched alkanes of at least 4 members (excludes halogenated alkanes) is 5. The van der Waals surface area contributed by atoms with Gasteiger partial charge in [-0.25, -0.2) is 9.97 Å². The third-order valence-electron chi connectivity index (χ3n) is 4.29. The highest BCUT2D eigenvalue weighted by Crippen LogP contribution is 2.24. The van der Waals surface area contributed by atoms with Crippen molar-refractivity contribution in [3.05, 3.63) is 35.7 Å². The first kappa shape index (κ1) is 17.0. The van der Waals surface area contributed by atoms with Crippen molar-refractivity contribution in [2.75, 3.05) is 0 Å². The molecule has 3 rings (SSSR count). The van der Waals surface area contributed by atoms with E-state index in [1.54, 1.807) is 0 Å². The van der Waals surface area contributed by atoms with Gasteiger partial charge in [0.1, 0.15) is 17.5 Å². The van der Waals surface area contributed by atoms with Gasteiger partial charge < -0.3 is 0 Å². The van der Waals surface area contributed by atoms with E-state index in [0.29, 0.717) is 16.9 Å². The van der Waals surface area contributed by atoms with Crippen LogP contribution in [0.4, 0.5) is 0 Å². The number of rotatable bonds is 8. The Bertz CT molecular complexity index is 877. The Morgan fingerprint density at radius 1 is 0.920 bits per heavy atom. The van der Waals surface area contributed by atoms with Gasteiger partial charge in [-0.2, -0.15) is 20.7 Å². The maximum Gasteiger partial charge on any atom is 0.169 e. The van der Waals surface area contributed by atoms with Crippen LogP contribution in [-0.2, 0) is 6.42 Å². The van der Waals surface area contributed by atoms with Gasteiger partial charge in [0.2, 0.25) is 0 Å². The zero-order valence-corrected chi connectivity index (χ0v) is 14.5. The van der Waals surface area contributed by atoms with Gasteiger partial charge in [-0.05, 0) is 25.0 Å². The molecule has 25 heavy (non-hydrogen) atoms. The number of nitrogens with one attached hydrogen (secondary N) is 1. The van der Waals surface area contributed by atoms with Crippen molar-refractivity contribution in [1.29, 1.82) is 5.26 Å². The Labute approximate surface area is 147 Å². The molecule has 0 fully saturated rings. The van der Waals surface area contributed by atoms with Gasteiger partial charge in [-0.3, -0.25) is 0 Å². The first-order valence-corrected chi connectivity index (χ1v) is 8.90. The van der Waals surface area contributed by atoms with E-state index in [2.05, 4.69) is 38.4 Å². The standard InChI is InChI=1S/C19H22N6/c1-2-3-4-5-6-7-12-16-19(24-25-23-16)18-17(13-20)21-14-10-8-9-11-15(14)22-18/h8-11H,2-7,12H2,1H3,(H,23,24,25). The van der Waals surface area contributed by atoms with E-state index < -0.39 is 0 Å². The molecule has 6 nitrogen and oxygen atoms in total. The summed E-state index contributed by atoms with van der Waals surface area (Å²) in [6, 6.07) is 9.68. The summed E-state index contributed by atoms with van der Waals surface area (Å²) in [6.45, 7) is 2.22. The van der Waals surface area contributed by atoms with Crippen LogP contribution in [0.3, 0.4) is 0 Å². The van der Waals surface area contributed by atoms with E-state index in [9.17, 15) is 5.26 Å². The predicted octanol–water partition coefficient (Wildman–Crippen LogP) is 4.19. The quantitative estimate of drug-likeness (QED) is 0.624. The van der Waals surface area contributed by atoms with Crippen molar-refractivity contribution < 1.29 is 0 Å². The number of aromatic amines is 1. The minimum Gasteiger partial charge on any atom is -0.241 e. The monoisotopic (exact) mass is 334 g/mol. The number of nitriles is 1. The van der Waals surface area contributed by atoms with Crippen LogP contribution >= 0.6 is 0 Å². The van der Waals surface area contributed by atoms with Crippen LogP contribution < -0.4 is 0 Å². The number of hydrogen-bond acceptors (Lipinski definition) is 5. The molecule has 6 heteroatoms. The molecule has 2 heterocycles. The van der Waals surface area contributed by atoms with Crippen LogP contribution in [0, 0.1) is 11.3 Å². The highest BCUT2D eigenvalue weighted by atomic mass is 15.3. The Kier molecular flexibility index (Phi) is 5.68. The fraction of sp³-hybridized carbons (Fsp3) is 0.421. The largest absolute Gasteiger partial charge is 0.241 e. The van der Waals surface area contributed by atoms with E-state index in [-0.39, 0.29) is 5.69 Å². The summed E-state index contributed by atoms with van der Waals surface area (Å²) in [7, 11) is 0. The first-order valence-electron chi connectivity index (χ1n) is 8.90. The number of benzene rings is 1. The second-order valence-electron chi connectivity index (χ2n) is 6.16. The molecule has 0 unspecified atom stereocenters. The smallest absolute Gasteiger partial charge is 0.169 e. The molecule has 0 bridgehead atoms. The Morgan fingerprint density at radius 2 is 1.64 bits per heavy atom. The zero-order chi connectivity index (χ0) is 17.5. The van der Waals surface area contributed by atoms with Gasteiger partial charge >= 0.3 is 0 Å². The maximum absolute atomic E-state index is 9.45. The number of aryl methyl sites for hydroxylation is 1. The Morgan fingerprint density at radius 3 is 2.40 bits per heavy atom. The summed E-state index contributed by atoms with van der Waals surface area (Å²) in [6.07, 6.45) is 8.17. The van der Waals surface area contributed by atoms with Crippen LogP contribution in [0.25, 0.3) is 22.4 Å². The fourth-order valence-corrected chi connectivity index (χ4v) is 2.93. The fourth-order valence-electron chi connectivity index (χ4n) is 2.93. The van der Waals surface area contributed by atoms with Gasteiger partial charge in [0, 0.05) is 0 Å². The van der Waals surface area contributed by atoms with Crippen LogP contribution in [0.2, 0.25) is 0 Å². The van der Waals surface area contributed by atoms with Gasteiger partial charge in [-0.15, -0.1) is 0 Å². The lowest BCUT2D eigenvalue weighted by atomic mass is 10.1. The second kappa shape index (κ2) is 8.34. The summed E-state index contributed by atoms with van der Waals surface area (Å²) in [5.41, 5.74) is 3.77. The van der Waals surface area contributed by atoms with E-state index in [1.807, 2.05) is 24.3 Å². The van der Waals surface area contributed by atoms with Gasteiger partial charge in [0.05, 0.1) is 16.7 Å². The molecule has 0 saturated carbocycles. The predicted molar refractivity (Wildman–Crippen MR) is 96.7 cm³/mol. The molecule has 0 radical (unpaired) electrons. The lowest BCUT2D eigenvalue weighted by Crippen LogP contribution is -1.98. The molecule has 1 N–H and O–H groups in total. The Balaban J connectivity index is 1.80. The van der Waals surface area contributed by atoms with Crippen molar-refractivity contribution in [2.45, 2.75) is 51.9 Å². The van der Waals surface area contributed by atoms with Gasteiger partial charge in [0.25, 0.3) is 0 Å². The summed E-state index contributed by atoms with van der Waals surface area (Å²) < 4.78 is 0. The number of aromatic nitrogens is 5. The topological polar surface area (TPSA) is 91.1 Å². The van der Waals surface area contributed by atoms with Crippen LogP contribution in [0.1, 0.15) is 56.8 Å². The molecule has 0 aliphatic rings. The molecule has 0 aliphatic carbocycles. The number of para-hydroxylation sites is 2. The molecule has 0 atom stereocenters. The van der Waals surface area contributed by atoms with Crippen molar-refractivity contribution in [1.82, 2.24) is 25.4 Å². The average molecular weight is 334 g/mol. The molecular weight excluding hydrogens is 312 g/mol. The molecular formula is C19H22N6. The summed E-state index contributed by atoms with van der Waals surface area (Å²) >= 11 is 0. The zero-order valence-electron chi connectivity index (χ0n) is 14.5. The van der Waals surface area contributed by atoms with E-state index >= 15 is 0 Å². The van der Waals surface area contributed by atoms with Crippen LogP contribution in [-0.4, -0.2) is 25.4 Å². The number of nitrogens with zero attached hydrogens (tertiary/aromatic N) is 5. The molecule has 2 aromatic heterocycles. The summed E-state index contributed by atoms with van der Waals surface area (Å²) in [4.78, 5) is 9.03. The molecule has 0 amide bonds. The molecule has 128 valence electrons. The lowest BCUT2D eigenvalue weighted by molar-refractivity contribution is 0.604. The summed E-state index contributed by atoms with van der Waals surface area (Å²) in [5, 5.41) is 20.6. The van der Waals surface area contributed by atoms with Crippen LogP contribution in [0.5, 0.6) is 0 Å². The highest BCUT2D eigenvalue weighted by Gasteiger charge is 2.17. The lowest BCUT2D eigenvalue weighted by Gasteiger charge is -2.04. The normalized spacial score (nSPS) is 10.9. The SMILES string of the molecule is CCCCCCCCc1n[nH]nc1-c1nc2ccccc2nc1C#N. The molecule has 0 saturated heterocycles. The number of fused-ring (bicyclic) bond motifs is 1. The molecule has 0 spiro atoms. The second-order valence-corrected chi connectivity index (χ2v) is 6.16. The number of hydrogen-bond donors (Lipinski definition) is 1. The van der Waals surface area contributed by atoms with E-state index in [4.69, 9.17) is 0 Å². The van der Waals surface area contributed by atoms with Crippen molar-refractivity contribution >= 4 is 11.0 Å². The van der Waals surface area contributed by atoms with Gasteiger partial charge in [-0.1, -0.05) is 51.2 Å². The third kappa shape index (κ3) is 4.00.